The summed E-state index contributed by atoms with van der Waals surface area (Å²) in [5, 5.41) is 3.55. The van der Waals surface area contributed by atoms with E-state index in [2.05, 4.69) is 9.97 Å². The topological polar surface area (TPSA) is 52.1 Å². The second kappa shape index (κ2) is 5.18. The molecule has 0 aliphatic heterocycles. The molecular weight excluding hydrogens is 244 g/mol. The van der Waals surface area contributed by atoms with E-state index in [1.807, 2.05) is 5.38 Å². The van der Waals surface area contributed by atoms with Gasteiger partial charge in [-0.15, -0.1) is 11.3 Å². The minimum Gasteiger partial charge on any atom is -0.473 e. The number of methoxy groups -OCH3 is 1. The highest BCUT2D eigenvalue weighted by molar-refractivity contribution is 7.21. The van der Waals surface area contributed by atoms with Gasteiger partial charge in [0.05, 0.1) is 23.9 Å². The van der Waals surface area contributed by atoms with Gasteiger partial charge in [-0.05, 0) is 6.42 Å². The number of rotatable bonds is 5. The minimum absolute atomic E-state index is 0.523. The molecular formula is C10H10N2O2S2. The summed E-state index contributed by atoms with van der Waals surface area (Å²) in [7, 11) is 1.60. The van der Waals surface area contributed by atoms with Crippen molar-refractivity contribution in [3.05, 3.63) is 17.3 Å². The summed E-state index contributed by atoms with van der Waals surface area (Å²) in [6, 6.07) is 0. The van der Waals surface area contributed by atoms with Crippen molar-refractivity contribution in [2.24, 2.45) is 0 Å². The maximum Gasteiger partial charge on any atom is 0.273 e. The number of aldehydes is 1. The maximum atomic E-state index is 10.2. The Balaban J connectivity index is 2.14. The van der Waals surface area contributed by atoms with Crippen molar-refractivity contribution in [1.82, 2.24) is 9.97 Å². The Bertz CT molecular complexity index is 479. The molecule has 0 saturated heterocycles. The Morgan fingerprint density at radius 3 is 3.12 bits per heavy atom. The summed E-state index contributed by atoms with van der Waals surface area (Å²) in [5.41, 5.74) is 0.958. The minimum atomic E-state index is 0.523. The molecule has 84 valence electrons. The molecule has 0 spiro atoms. The molecule has 6 heteroatoms. The molecule has 2 heterocycles. The van der Waals surface area contributed by atoms with Crippen molar-refractivity contribution < 1.29 is 9.53 Å². The van der Waals surface area contributed by atoms with Gasteiger partial charge in [0, 0.05) is 11.8 Å². The molecule has 0 fully saturated rings. The molecule has 0 amide bonds. The van der Waals surface area contributed by atoms with Gasteiger partial charge in [-0.25, -0.2) is 9.97 Å². The smallest absolute Gasteiger partial charge is 0.273 e. The monoisotopic (exact) mass is 254 g/mol. The summed E-state index contributed by atoms with van der Waals surface area (Å²) in [6.45, 7) is 0. The average molecular weight is 254 g/mol. The van der Waals surface area contributed by atoms with Gasteiger partial charge in [0.25, 0.3) is 5.19 Å². The van der Waals surface area contributed by atoms with Crippen LogP contribution in [0.25, 0.3) is 9.88 Å². The van der Waals surface area contributed by atoms with E-state index in [1.54, 1.807) is 24.6 Å². The number of nitrogens with zero attached hydrogens (tertiary/aromatic N) is 2. The number of aromatic nitrogens is 2. The van der Waals surface area contributed by atoms with Crippen molar-refractivity contribution in [1.29, 1.82) is 0 Å². The Kier molecular flexibility index (Phi) is 3.63. The zero-order valence-electron chi connectivity index (χ0n) is 8.67. The number of hydrogen-bond acceptors (Lipinski definition) is 6. The first-order valence-corrected chi connectivity index (χ1v) is 6.41. The Hall–Kier alpha value is -1.27. The fraction of sp³-hybridized carbons (Fsp3) is 0.300. The van der Waals surface area contributed by atoms with Crippen LogP contribution in [-0.4, -0.2) is 23.4 Å². The summed E-state index contributed by atoms with van der Waals surface area (Å²) in [6.07, 6.45) is 3.89. The van der Waals surface area contributed by atoms with E-state index in [9.17, 15) is 4.79 Å². The van der Waals surface area contributed by atoms with E-state index in [0.29, 0.717) is 18.0 Å². The van der Waals surface area contributed by atoms with E-state index in [1.165, 1.54) is 11.3 Å². The van der Waals surface area contributed by atoms with Crippen LogP contribution < -0.4 is 4.74 Å². The predicted molar refractivity (Wildman–Crippen MR) is 64.2 cm³/mol. The lowest BCUT2D eigenvalue weighted by Crippen LogP contribution is -1.85. The largest absolute Gasteiger partial charge is 0.473 e. The molecule has 2 aromatic rings. The van der Waals surface area contributed by atoms with Gasteiger partial charge in [-0.1, -0.05) is 11.3 Å². The van der Waals surface area contributed by atoms with Crippen LogP contribution >= 0.6 is 22.7 Å². The number of thiazole rings is 2. The van der Waals surface area contributed by atoms with Crippen molar-refractivity contribution in [3.63, 3.8) is 0 Å². The van der Waals surface area contributed by atoms with E-state index < -0.39 is 0 Å². The van der Waals surface area contributed by atoms with Crippen LogP contribution in [0, 0.1) is 0 Å². The summed E-state index contributed by atoms with van der Waals surface area (Å²) in [5.74, 6) is 0. The predicted octanol–water partition coefficient (Wildman–Crippen LogP) is 2.41. The molecule has 0 bridgehead atoms. The van der Waals surface area contributed by atoms with Crippen LogP contribution in [0.5, 0.6) is 5.19 Å². The highest BCUT2D eigenvalue weighted by Crippen LogP contribution is 2.32. The Labute approximate surface area is 101 Å². The first kappa shape index (κ1) is 11.2. The third kappa shape index (κ3) is 2.45. The number of carbonyl (C=O) groups is 1. The van der Waals surface area contributed by atoms with Gasteiger partial charge in [0.2, 0.25) is 0 Å². The van der Waals surface area contributed by atoms with Crippen LogP contribution in [0.2, 0.25) is 0 Å². The highest BCUT2D eigenvalue weighted by atomic mass is 32.1. The first-order valence-electron chi connectivity index (χ1n) is 4.71. The van der Waals surface area contributed by atoms with Crippen LogP contribution in [0.1, 0.15) is 12.1 Å². The van der Waals surface area contributed by atoms with Crippen LogP contribution in [0.3, 0.4) is 0 Å². The lowest BCUT2D eigenvalue weighted by atomic mass is 10.3. The normalized spacial score (nSPS) is 10.3. The van der Waals surface area contributed by atoms with Crippen LogP contribution in [-0.2, 0) is 11.2 Å². The molecule has 0 unspecified atom stereocenters. The lowest BCUT2D eigenvalue weighted by Gasteiger charge is -1.89. The quantitative estimate of drug-likeness (QED) is 0.769. The number of aryl methyl sites for hydroxylation is 1. The molecule has 2 rings (SSSR count). The molecule has 0 atom stereocenters. The Morgan fingerprint density at radius 1 is 1.56 bits per heavy atom. The van der Waals surface area contributed by atoms with Gasteiger partial charge in [-0.3, -0.25) is 0 Å². The van der Waals surface area contributed by atoms with E-state index in [4.69, 9.17) is 4.74 Å². The van der Waals surface area contributed by atoms with E-state index >= 15 is 0 Å². The molecule has 0 saturated carbocycles. The molecule has 0 N–H and O–H groups in total. The van der Waals surface area contributed by atoms with Crippen LogP contribution in [0.15, 0.2) is 11.6 Å². The summed E-state index contributed by atoms with van der Waals surface area (Å²) in [4.78, 5) is 19.8. The first-order chi connectivity index (χ1) is 7.83. The summed E-state index contributed by atoms with van der Waals surface area (Å²) >= 11 is 3.03. The third-order valence-corrected chi connectivity index (χ3v) is 3.96. The zero-order valence-corrected chi connectivity index (χ0v) is 10.3. The molecule has 0 aliphatic carbocycles. The van der Waals surface area contributed by atoms with Crippen molar-refractivity contribution in [2.75, 3.05) is 7.11 Å². The SMILES string of the molecule is COc1ncc(-c2nc(CCC=O)cs2)s1. The van der Waals surface area contributed by atoms with Gasteiger partial charge in [-0.2, -0.15) is 0 Å². The molecule has 4 nitrogen and oxygen atoms in total. The Morgan fingerprint density at radius 2 is 2.44 bits per heavy atom. The average Bonchev–Trinajstić information content (AvgIpc) is 2.94. The zero-order chi connectivity index (χ0) is 11.4. The molecule has 0 aliphatic rings. The van der Waals surface area contributed by atoms with Gasteiger partial charge >= 0.3 is 0 Å². The number of carbonyl (C=O) groups excluding carboxylic acids is 1. The fourth-order valence-electron chi connectivity index (χ4n) is 1.19. The third-order valence-electron chi connectivity index (χ3n) is 1.94. The highest BCUT2D eigenvalue weighted by Gasteiger charge is 2.08. The van der Waals surface area contributed by atoms with Crippen molar-refractivity contribution in [3.8, 4) is 15.1 Å². The van der Waals surface area contributed by atoms with Crippen LogP contribution in [0.4, 0.5) is 0 Å². The number of ether oxygens (including phenoxy) is 1. The van der Waals surface area contributed by atoms with Gasteiger partial charge in [0.1, 0.15) is 11.3 Å². The molecule has 0 radical (unpaired) electrons. The second-order valence-electron chi connectivity index (χ2n) is 3.04. The standard InChI is InChI=1S/C10H10N2O2S2/c1-14-10-11-5-8(16-10)9-12-7(6-15-9)3-2-4-13/h4-6H,2-3H2,1H3. The van der Waals surface area contributed by atoms with Crippen molar-refractivity contribution in [2.45, 2.75) is 12.8 Å². The molecule has 2 aromatic heterocycles. The molecule has 16 heavy (non-hydrogen) atoms. The fourth-order valence-corrected chi connectivity index (χ4v) is 2.83. The summed E-state index contributed by atoms with van der Waals surface area (Å²) < 4.78 is 5.03. The maximum absolute atomic E-state index is 10.2. The van der Waals surface area contributed by atoms with E-state index in [-0.39, 0.29) is 0 Å². The molecule has 0 aromatic carbocycles. The van der Waals surface area contributed by atoms with Gasteiger partial charge < -0.3 is 9.53 Å². The number of hydrogen-bond donors (Lipinski definition) is 0. The van der Waals surface area contributed by atoms with Gasteiger partial charge in [0.15, 0.2) is 0 Å². The van der Waals surface area contributed by atoms with E-state index in [0.717, 1.165) is 21.9 Å². The lowest BCUT2D eigenvalue weighted by molar-refractivity contribution is -0.107. The van der Waals surface area contributed by atoms with Crippen molar-refractivity contribution >= 4 is 29.0 Å². The second-order valence-corrected chi connectivity index (χ2v) is 4.90.